The van der Waals surface area contributed by atoms with Crippen LogP contribution in [0.4, 0.5) is 4.39 Å². The van der Waals surface area contributed by atoms with Gasteiger partial charge in [0.05, 0.1) is 5.69 Å². The number of nitrogens with two attached hydrogens (primary N) is 1. The Morgan fingerprint density at radius 3 is 2.71 bits per heavy atom. The SMILES string of the molecule is N/C(=N\O)c1ccc(-c2cccc(F)c2)nc1. The molecule has 1 heterocycles. The van der Waals surface area contributed by atoms with E-state index in [2.05, 4.69) is 10.1 Å². The number of oxime groups is 1. The molecular weight excluding hydrogens is 221 g/mol. The quantitative estimate of drug-likeness (QED) is 0.359. The molecule has 0 saturated carbocycles. The van der Waals surface area contributed by atoms with Crippen LogP contribution in [0.25, 0.3) is 11.3 Å². The highest BCUT2D eigenvalue weighted by molar-refractivity contribution is 5.96. The van der Waals surface area contributed by atoms with E-state index in [1.807, 2.05) is 0 Å². The summed E-state index contributed by atoms with van der Waals surface area (Å²) in [7, 11) is 0. The van der Waals surface area contributed by atoms with E-state index in [0.717, 1.165) is 0 Å². The van der Waals surface area contributed by atoms with Crippen molar-refractivity contribution in [2.75, 3.05) is 0 Å². The molecule has 1 aromatic carbocycles. The lowest BCUT2D eigenvalue weighted by atomic mass is 10.1. The Labute approximate surface area is 97.2 Å². The predicted octanol–water partition coefficient (Wildman–Crippen LogP) is 1.98. The summed E-state index contributed by atoms with van der Waals surface area (Å²) < 4.78 is 13.0. The molecule has 0 radical (unpaired) electrons. The van der Waals surface area contributed by atoms with Gasteiger partial charge in [-0.25, -0.2) is 4.39 Å². The first-order chi connectivity index (χ1) is 8.20. The van der Waals surface area contributed by atoms with E-state index < -0.39 is 0 Å². The molecule has 4 nitrogen and oxygen atoms in total. The van der Waals surface area contributed by atoms with Crippen molar-refractivity contribution in [3.63, 3.8) is 0 Å². The highest BCUT2D eigenvalue weighted by Gasteiger charge is 2.03. The average molecular weight is 231 g/mol. The lowest BCUT2D eigenvalue weighted by Crippen LogP contribution is -2.13. The van der Waals surface area contributed by atoms with Gasteiger partial charge < -0.3 is 10.9 Å². The fourth-order valence-electron chi connectivity index (χ4n) is 1.42. The molecule has 0 unspecified atom stereocenters. The van der Waals surface area contributed by atoms with Crippen molar-refractivity contribution in [1.82, 2.24) is 4.98 Å². The van der Waals surface area contributed by atoms with Gasteiger partial charge in [0.2, 0.25) is 0 Å². The van der Waals surface area contributed by atoms with E-state index in [1.54, 1.807) is 24.3 Å². The molecule has 2 rings (SSSR count). The molecule has 0 aliphatic heterocycles. The van der Waals surface area contributed by atoms with Gasteiger partial charge in [-0.2, -0.15) is 0 Å². The Kier molecular flexibility index (Phi) is 3.00. The number of rotatable bonds is 2. The Morgan fingerprint density at radius 1 is 1.29 bits per heavy atom. The van der Waals surface area contributed by atoms with Gasteiger partial charge in [0.25, 0.3) is 0 Å². The fourth-order valence-corrected chi connectivity index (χ4v) is 1.42. The number of benzene rings is 1. The van der Waals surface area contributed by atoms with Gasteiger partial charge in [0, 0.05) is 17.3 Å². The topological polar surface area (TPSA) is 71.5 Å². The van der Waals surface area contributed by atoms with E-state index >= 15 is 0 Å². The first kappa shape index (κ1) is 11.1. The number of aromatic nitrogens is 1. The molecule has 2 aromatic rings. The van der Waals surface area contributed by atoms with E-state index in [0.29, 0.717) is 16.8 Å². The normalized spacial score (nSPS) is 11.5. The van der Waals surface area contributed by atoms with Crippen LogP contribution in [-0.2, 0) is 0 Å². The van der Waals surface area contributed by atoms with Crippen molar-refractivity contribution in [2.24, 2.45) is 10.9 Å². The minimum absolute atomic E-state index is 0.0108. The first-order valence-corrected chi connectivity index (χ1v) is 4.90. The molecule has 0 saturated heterocycles. The monoisotopic (exact) mass is 231 g/mol. The van der Waals surface area contributed by atoms with Gasteiger partial charge in [-0.05, 0) is 24.3 Å². The lowest BCUT2D eigenvalue weighted by molar-refractivity contribution is 0.318. The smallest absolute Gasteiger partial charge is 0.171 e. The summed E-state index contributed by atoms with van der Waals surface area (Å²) in [5.74, 6) is -0.326. The first-order valence-electron chi connectivity index (χ1n) is 4.90. The van der Waals surface area contributed by atoms with Crippen LogP contribution in [0.3, 0.4) is 0 Å². The van der Waals surface area contributed by atoms with Crippen molar-refractivity contribution < 1.29 is 9.60 Å². The Morgan fingerprint density at radius 2 is 2.12 bits per heavy atom. The van der Waals surface area contributed by atoms with E-state index in [9.17, 15) is 4.39 Å². The maximum atomic E-state index is 13.0. The molecular formula is C12H10FN3O. The molecule has 3 N–H and O–H groups in total. The van der Waals surface area contributed by atoms with Gasteiger partial charge in [-0.1, -0.05) is 17.3 Å². The van der Waals surface area contributed by atoms with Crippen molar-refractivity contribution in [3.05, 3.63) is 54.0 Å². The minimum atomic E-state index is -0.315. The summed E-state index contributed by atoms with van der Waals surface area (Å²) in [6, 6.07) is 9.47. The summed E-state index contributed by atoms with van der Waals surface area (Å²) in [6.45, 7) is 0. The predicted molar refractivity (Wildman–Crippen MR) is 62.1 cm³/mol. The molecule has 0 bridgehead atoms. The second kappa shape index (κ2) is 4.61. The fraction of sp³-hybridized carbons (Fsp3) is 0. The maximum absolute atomic E-state index is 13.0. The molecule has 17 heavy (non-hydrogen) atoms. The summed E-state index contributed by atoms with van der Waals surface area (Å²) in [5.41, 5.74) is 7.22. The van der Waals surface area contributed by atoms with Gasteiger partial charge in [0.1, 0.15) is 5.82 Å². The minimum Gasteiger partial charge on any atom is -0.409 e. The second-order valence-electron chi connectivity index (χ2n) is 3.43. The molecule has 0 aliphatic carbocycles. The molecule has 0 aliphatic rings. The number of nitrogens with zero attached hydrogens (tertiary/aromatic N) is 2. The molecule has 86 valence electrons. The van der Waals surface area contributed by atoms with Gasteiger partial charge in [-0.3, -0.25) is 4.98 Å². The largest absolute Gasteiger partial charge is 0.409 e. The van der Waals surface area contributed by atoms with Crippen LogP contribution in [0.1, 0.15) is 5.56 Å². The zero-order valence-electron chi connectivity index (χ0n) is 8.84. The number of amidine groups is 1. The average Bonchev–Trinajstić information content (AvgIpc) is 2.38. The van der Waals surface area contributed by atoms with Crippen molar-refractivity contribution >= 4 is 5.84 Å². The Hall–Kier alpha value is -2.43. The van der Waals surface area contributed by atoms with Crippen LogP contribution < -0.4 is 5.73 Å². The molecule has 1 aromatic heterocycles. The number of hydrogen-bond acceptors (Lipinski definition) is 3. The van der Waals surface area contributed by atoms with Crippen molar-refractivity contribution in [1.29, 1.82) is 0 Å². The summed E-state index contributed by atoms with van der Waals surface area (Å²) in [5, 5.41) is 11.4. The third-order valence-electron chi connectivity index (χ3n) is 2.29. The van der Waals surface area contributed by atoms with E-state index in [1.165, 1.54) is 18.3 Å². The highest BCUT2D eigenvalue weighted by Crippen LogP contribution is 2.17. The lowest BCUT2D eigenvalue weighted by Gasteiger charge is -2.02. The van der Waals surface area contributed by atoms with Crippen LogP contribution in [-0.4, -0.2) is 16.0 Å². The Balaban J connectivity index is 2.36. The molecule has 0 spiro atoms. The highest BCUT2D eigenvalue weighted by atomic mass is 19.1. The van der Waals surface area contributed by atoms with E-state index in [-0.39, 0.29) is 11.7 Å². The summed E-state index contributed by atoms with van der Waals surface area (Å²) in [6.07, 6.45) is 1.47. The number of hydrogen-bond donors (Lipinski definition) is 2. The van der Waals surface area contributed by atoms with Crippen LogP contribution >= 0.6 is 0 Å². The van der Waals surface area contributed by atoms with E-state index in [4.69, 9.17) is 10.9 Å². The van der Waals surface area contributed by atoms with Gasteiger partial charge >= 0.3 is 0 Å². The molecule has 0 amide bonds. The van der Waals surface area contributed by atoms with Crippen LogP contribution in [0.2, 0.25) is 0 Å². The van der Waals surface area contributed by atoms with Crippen LogP contribution in [0.15, 0.2) is 47.8 Å². The van der Waals surface area contributed by atoms with Gasteiger partial charge in [-0.15, -0.1) is 0 Å². The van der Waals surface area contributed by atoms with Crippen LogP contribution in [0, 0.1) is 5.82 Å². The summed E-state index contributed by atoms with van der Waals surface area (Å²) >= 11 is 0. The van der Waals surface area contributed by atoms with Crippen molar-refractivity contribution in [2.45, 2.75) is 0 Å². The molecule has 0 fully saturated rings. The van der Waals surface area contributed by atoms with Gasteiger partial charge in [0.15, 0.2) is 5.84 Å². The molecule has 5 heteroatoms. The zero-order chi connectivity index (χ0) is 12.3. The van der Waals surface area contributed by atoms with Crippen molar-refractivity contribution in [3.8, 4) is 11.3 Å². The standard InChI is InChI=1S/C12H10FN3O/c13-10-3-1-2-8(6-10)11-5-4-9(7-15-11)12(14)16-17/h1-7,17H,(H2,14,16). The molecule has 0 atom stereocenters. The third-order valence-corrected chi connectivity index (χ3v) is 2.29. The number of halogens is 1. The van der Waals surface area contributed by atoms with Crippen LogP contribution in [0.5, 0.6) is 0 Å². The Bertz CT molecular complexity index is 552. The second-order valence-corrected chi connectivity index (χ2v) is 3.43. The summed E-state index contributed by atoms with van der Waals surface area (Å²) in [4.78, 5) is 4.12. The number of pyridine rings is 1. The third kappa shape index (κ3) is 2.39. The maximum Gasteiger partial charge on any atom is 0.171 e. The zero-order valence-corrected chi connectivity index (χ0v) is 8.84.